The van der Waals surface area contributed by atoms with E-state index in [0.29, 0.717) is 32.0 Å². The highest BCUT2D eigenvalue weighted by molar-refractivity contribution is 5.88. The van der Waals surface area contributed by atoms with Gasteiger partial charge >= 0.3 is 0 Å². The third-order valence-electron chi connectivity index (χ3n) is 7.46. The average molecular weight is 469 g/mol. The molecule has 7 heteroatoms. The van der Waals surface area contributed by atoms with Gasteiger partial charge in [0.15, 0.2) is 5.96 Å². The van der Waals surface area contributed by atoms with Crippen molar-refractivity contribution in [3.63, 3.8) is 0 Å². The number of nitrogens with two attached hydrogens (primary N) is 2. The Morgan fingerprint density at radius 2 is 1.97 bits per heavy atom. The summed E-state index contributed by atoms with van der Waals surface area (Å²) in [6, 6.07) is -0.495. The maximum absolute atomic E-state index is 13.6. The third-order valence-corrected chi connectivity index (χ3v) is 7.46. The molecule has 0 bridgehead atoms. The zero-order valence-corrected chi connectivity index (χ0v) is 20.9. The summed E-state index contributed by atoms with van der Waals surface area (Å²) in [5, 5.41) is 3.11. The Morgan fingerprint density at radius 3 is 2.59 bits per heavy atom. The zero-order valence-electron chi connectivity index (χ0n) is 20.9. The van der Waals surface area contributed by atoms with E-state index < -0.39 is 6.04 Å². The molecule has 0 radical (unpaired) electrons. The number of carbonyl (C=O) groups is 2. The van der Waals surface area contributed by atoms with Gasteiger partial charge in [-0.2, -0.15) is 0 Å². The van der Waals surface area contributed by atoms with Crippen LogP contribution in [-0.2, 0) is 9.59 Å². The van der Waals surface area contributed by atoms with Gasteiger partial charge in [0, 0.05) is 61.7 Å². The lowest BCUT2D eigenvalue weighted by Gasteiger charge is -2.44. The molecular weight excluding hydrogens is 426 g/mol. The van der Waals surface area contributed by atoms with Gasteiger partial charge in [-0.3, -0.25) is 14.6 Å². The highest BCUT2D eigenvalue weighted by Gasteiger charge is 2.42. The zero-order chi connectivity index (χ0) is 24.7. The van der Waals surface area contributed by atoms with Crippen LogP contribution in [0.3, 0.4) is 0 Å². The van der Waals surface area contributed by atoms with Gasteiger partial charge < -0.3 is 21.7 Å². The number of nitrogens with zero attached hydrogens (tertiary/aromatic N) is 2. The summed E-state index contributed by atoms with van der Waals surface area (Å²) in [6.45, 7) is 10.4. The molecule has 186 valence electrons. The highest BCUT2D eigenvalue weighted by Crippen LogP contribution is 2.41. The Kier molecular flexibility index (Phi) is 8.86. The lowest BCUT2D eigenvalue weighted by Crippen LogP contribution is -2.55. The number of unbranched alkanes of at least 4 members (excludes halogenated alkanes) is 1. The van der Waals surface area contributed by atoms with Gasteiger partial charge in [0.05, 0.1) is 5.57 Å². The van der Waals surface area contributed by atoms with E-state index in [1.54, 1.807) is 0 Å². The summed E-state index contributed by atoms with van der Waals surface area (Å²) in [5.41, 5.74) is 13.1. The molecule has 0 aromatic carbocycles. The number of nitrogens with one attached hydrogen (secondary N) is 1. The van der Waals surface area contributed by atoms with Gasteiger partial charge in [0.25, 0.3) is 0 Å². The van der Waals surface area contributed by atoms with E-state index in [1.807, 2.05) is 4.90 Å². The number of carbonyl (C=O) groups excluding carboxylic acids is 2. The SMILES string of the molecule is C=C1C=CC(C2CCN(C(=O)C(CCCCN=C(N)N)NC(=O)C3CCCC3)CC2(C)C)=C[CH+]1. The van der Waals surface area contributed by atoms with Gasteiger partial charge in [-0.25, -0.2) is 0 Å². The predicted molar refractivity (Wildman–Crippen MR) is 138 cm³/mol. The molecule has 1 saturated heterocycles. The second-order valence-corrected chi connectivity index (χ2v) is 10.7. The molecule has 1 saturated carbocycles. The van der Waals surface area contributed by atoms with E-state index in [1.165, 1.54) is 5.57 Å². The molecule has 2 fully saturated rings. The predicted octanol–water partition coefficient (Wildman–Crippen LogP) is 3.24. The van der Waals surface area contributed by atoms with Crippen LogP contribution in [0.4, 0.5) is 0 Å². The van der Waals surface area contributed by atoms with Crippen LogP contribution < -0.4 is 16.8 Å². The van der Waals surface area contributed by atoms with Crippen LogP contribution in [0.5, 0.6) is 0 Å². The maximum Gasteiger partial charge on any atom is 0.245 e. The second kappa shape index (κ2) is 11.6. The quantitative estimate of drug-likeness (QED) is 0.209. The fraction of sp³-hybridized carbons (Fsp3) is 0.630. The summed E-state index contributed by atoms with van der Waals surface area (Å²) in [6.07, 6.45) is 15.5. The molecule has 0 aromatic heterocycles. The molecule has 7 nitrogen and oxygen atoms in total. The smallest absolute Gasteiger partial charge is 0.245 e. The van der Waals surface area contributed by atoms with E-state index in [-0.39, 0.29) is 29.1 Å². The van der Waals surface area contributed by atoms with Crippen LogP contribution in [0, 0.1) is 23.7 Å². The van der Waals surface area contributed by atoms with Crippen LogP contribution in [0.25, 0.3) is 0 Å². The van der Waals surface area contributed by atoms with Gasteiger partial charge in [-0.05, 0) is 50.5 Å². The van der Waals surface area contributed by atoms with Crippen molar-refractivity contribution in [1.82, 2.24) is 10.2 Å². The van der Waals surface area contributed by atoms with Crippen molar-refractivity contribution in [2.45, 2.75) is 71.3 Å². The molecule has 0 aromatic rings. The van der Waals surface area contributed by atoms with Crippen molar-refractivity contribution < 1.29 is 9.59 Å². The third kappa shape index (κ3) is 6.90. The summed E-state index contributed by atoms with van der Waals surface area (Å²) >= 11 is 0. The first kappa shape index (κ1) is 25.9. The fourth-order valence-electron chi connectivity index (χ4n) is 5.54. The van der Waals surface area contributed by atoms with Crippen LogP contribution in [0.15, 0.2) is 40.9 Å². The van der Waals surface area contributed by atoms with E-state index in [4.69, 9.17) is 11.5 Å². The van der Waals surface area contributed by atoms with Crippen molar-refractivity contribution in [3.8, 4) is 0 Å². The molecule has 2 atom stereocenters. The largest absolute Gasteiger partial charge is 0.370 e. The Labute approximate surface area is 204 Å². The Hall–Kier alpha value is -2.70. The number of rotatable bonds is 9. The number of allylic oxidation sites excluding steroid dienone is 5. The van der Waals surface area contributed by atoms with Crippen molar-refractivity contribution in [2.24, 2.45) is 33.7 Å². The molecule has 5 N–H and O–H groups in total. The molecule has 3 rings (SSSR count). The molecule has 1 aliphatic heterocycles. The van der Waals surface area contributed by atoms with Crippen LogP contribution in [0.2, 0.25) is 0 Å². The van der Waals surface area contributed by atoms with Gasteiger partial charge in [0.2, 0.25) is 11.8 Å². The van der Waals surface area contributed by atoms with E-state index >= 15 is 0 Å². The highest BCUT2D eigenvalue weighted by atomic mass is 16.2. The molecule has 2 unspecified atom stereocenters. The molecule has 1 heterocycles. The van der Waals surface area contributed by atoms with E-state index in [9.17, 15) is 9.59 Å². The fourth-order valence-corrected chi connectivity index (χ4v) is 5.54. The Morgan fingerprint density at radius 1 is 1.24 bits per heavy atom. The average Bonchev–Trinajstić information content (AvgIpc) is 3.32. The van der Waals surface area contributed by atoms with Gasteiger partial charge in [0.1, 0.15) is 6.04 Å². The monoisotopic (exact) mass is 468 g/mol. The Balaban J connectivity index is 1.64. The van der Waals surface area contributed by atoms with Crippen molar-refractivity contribution in [1.29, 1.82) is 0 Å². The van der Waals surface area contributed by atoms with E-state index in [0.717, 1.165) is 50.5 Å². The number of piperidine rings is 1. The number of amides is 2. The number of likely N-dealkylation sites (tertiary alicyclic amines) is 1. The summed E-state index contributed by atoms with van der Waals surface area (Å²) in [7, 11) is 0. The van der Waals surface area contributed by atoms with Crippen molar-refractivity contribution in [3.05, 3.63) is 42.4 Å². The number of guanidine groups is 1. The van der Waals surface area contributed by atoms with Gasteiger partial charge in [-0.1, -0.05) is 26.7 Å². The summed E-state index contributed by atoms with van der Waals surface area (Å²) in [4.78, 5) is 32.5. The number of aliphatic imine (C=N–C) groups is 1. The lowest BCUT2D eigenvalue weighted by atomic mass is 9.69. The first-order valence-electron chi connectivity index (χ1n) is 12.7. The second-order valence-electron chi connectivity index (χ2n) is 10.7. The van der Waals surface area contributed by atoms with Crippen molar-refractivity contribution in [2.75, 3.05) is 19.6 Å². The molecule has 34 heavy (non-hydrogen) atoms. The number of hydrogen-bond acceptors (Lipinski definition) is 3. The molecule has 0 spiro atoms. The minimum atomic E-state index is -0.495. The van der Waals surface area contributed by atoms with E-state index in [2.05, 4.69) is 55.4 Å². The first-order valence-corrected chi connectivity index (χ1v) is 12.7. The molecule has 3 aliphatic rings. The molecule has 2 amide bonds. The molecular formula is C27H42N5O2+. The Bertz CT molecular complexity index is 847. The van der Waals surface area contributed by atoms with Gasteiger partial charge in [-0.15, -0.1) is 0 Å². The normalized spacial score (nSPS) is 23.1. The summed E-state index contributed by atoms with van der Waals surface area (Å²) in [5.74, 6) is 0.561. The van der Waals surface area contributed by atoms with Crippen LogP contribution >= 0.6 is 0 Å². The van der Waals surface area contributed by atoms with Crippen LogP contribution in [0.1, 0.15) is 65.2 Å². The van der Waals surface area contributed by atoms with Crippen LogP contribution in [-0.4, -0.2) is 48.3 Å². The topological polar surface area (TPSA) is 114 Å². The lowest BCUT2D eigenvalue weighted by molar-refractivity contribution is -0.140. The number of hydrogen-bond donors (Lipinski definition) is 3. The van der Waals surface area contributed by atoms with Crippen molar-refractivity contribution >= 4 is 17.8 Å². The molecule has 2 aliphatic carbocycles. The standard InChI is InChI=1S/C27H41N5O2/c1-19-11-13-20(14-12-19)22-15-17-32(18-27(22,2)3)25(34)23(10-6-7-16-30-26(28)29)31-24(33)21-8-4-5-9-21/h11-14,21-23H,1,4-10,15-18H2,2-3H3,(H4-,28,29,30,31,33)/p+1. The minimum Gasteiger partial charge on any atom is -0.370 e. The minimum absolute atomic E-state index is 0.0301. The summed E-state index contributed by atoms with van der Waals surface area (Å²) < 4.78 is 0. The first-order chi connectivity index (χ1) is 16.2. The maximum atomic E-state index is 13.6.